The molecule has 0 radical (unpaired) electrons. The van der Waals surface area contributed by atoms with Gasteiger partial charge in [-0.15, -0.1) is 0 Å². The standard InChI is InChI=1S/C73H48N2/c1-3-15-49(16-4-1)51-31-39-58(40-32-51)74(59-41-33-52(34-42-59)50-17-5-2-6-18-50)60-43-35-53(36-44-60)54-37-45-61(46-38-54)75(70-28-14-20-55-19-7-8-22-63(55)70)62-47-57-30-29-56-21-13-27-68-71(56)72(57)69(48-62)73(68)66-25-11-9-23-64(66)65-24-10-12-26-67(65)73/h1-48H. The Morgan fingerprint density at radius 3 is 1.19 bits per heavy atom. The van der Waals surface area contributed by atoms with Crippen molar-refractivity contribution in [3.05, 3.63) is 313 Å². The molecule has 0 N–H and O–H groups in total. The van der Waals surface area contributed by atoms with Crippen molar-refractivity contribution in [2.45, 2.75) is 5.41 Å². The lowest BCUT2D eigenvalue weighted by molar-refractivity contribution is 0.797. The highest BCUT2D eigenvalue weighted by Gasteiger charge is 2.51. The van der Waals surface area contributed by atoms with Crippen molar-refractivity contribution >= 4 is 66.4 Å². The van der Waals surface area contributed by atoms with Crippen LogP contribution in [0.5, 0.6) is 0 Å². The van der Waals surface area contributed by atoms with Crippen molar-refractivity contribution in [3.8, 4) is 44.5 Å². The minimum Gasteiger partial charge on any atom is -0.311 e. The quantitative estimate of drug-likeness (QED) is 0.133. The molecule has 2 heteroatoms. The third kappa shape index (κ3) is 6.73. The molecule has 0 saturated heterocycles. The largest absolute Gasteiger partial charge is 0.311 e. The van der Waals surface area contributed by atoms with Crippen molar-refractivity contribution in [1.82, 2.24) is 0 Å². The van der Waals surface area contributed by atoms with Gasteiger partial charge in [0.05, 0.1) is 11.1 Å². The fraction of sp³-hybridized carbons (Fsp3) is 0.0137. The van der Waals surface area contributed by atoms with Crippen LogP contribution in [-0.2, 0) is 5.41 Å². The van der Waals surface area contributed by atoms with Crippen LogP contribution < -0.4 is 9.80 Å². The number of anilines is 6. The van der Waals surface area contributed by atoms with Crippen LogP contribution in [0.15, 0.2) is 291 Å². The third-order valence-electron chi connectivity index (χ3n) is 16.0. The molecule has 0 amide bonds. The van der Waals surface area contributed by atoms with Crippen LogP contribution in [0, 0.1) is 0 Å². The van der Waals surface area contributed by atoms with Gasteiger partial charge in [-0.3, -0.25) is 0 Å². The molecule has 0 heterocycles. The average Bonchev–Trinajstić information content (AvgIpc) is 3.97. The first-order chi connectivity index (χ1) is 37.2. The smallest absolute Gasteiger partial charge is 0.0726 e. The number of hydrogen-bond acceptors (Lipinski definition) is 2. The molecule has 1 spiro atoms. The molecule has 75 heavy (non-hydrogen) atoms. The molecule has 15 rings (SSSR count). The minimum atomic E-state index is -0.460. The van der Waals surface area contributed by atoms with E-state index in [0.717, 1.165) is 45.3 Å². The van der Waals surface area contributed by atoms with E-state index >= 15 is 0 Å². The summed E-state index contributed by atoms with van der Waals surface area (Å²) in [7, 11) is 0. The summed E-state index contributed by atoms with van der Waals surface area (Å²) in [5.41, 5.74) is 21.3. The molecule has 0 aliphatic heterocycles. The Hall–Kier alpha value is -9.76. The number of nitrogens with zero attached hydrogens (tertiary/aromatic N) is 2. The molecule has 0 saturated carbocycles. The first-order valence-electron chi connectivity index (χ1n) is 26.0. The Balaban J connectivity index is 0.840. The highest BCUT2D eigenvalue weighted by atomic mass is 15.1. The Morgan fingerprint density at radius 2 is 0.627 bits per heavy atom. The topological polar surface area (TPSA) is 6.48 Å². The molecule has 13 aromatic rings. The lowest BCUT2D eigenvalue weighted by Crippen LogP contribution is -2.26. The van der Waals surface area contributed by atoms with Gasteiger partial charge < -0.3 is 9.80 Å². The first-order valence-corrected chi connectivity index (χ1v) is 26.0. The van der Waals surface area contributed by atoms with Gasteiger partial charge in [-0.05, 0) is 160 Å². The van der Waals surface area contributed by atoms with Crippen LogP contribution >= 0.6 is 0 Å². The SMILES string of the molecule is c1ccc(-c2ccc(N(c3ccc(-c4ccccc4)cc3)c3ccc(-c4ccc(N(c5cc6c7c(ccc8cccc(c87)C67c6ccccc6-c6ccccc67)c5)c5cccc6ccccc56)cc4)cc3)cc2)cc1. The summed E-state index contributed by atoms with van der Waals surface area (Å²) in [6.45, 7) is 0. The van der Waals surface area contributed by atoms with Gasteiger partial charge in [0, 0.05) is 33.8 Å². The second-order valence-corrected chi connectivity index (χ2v) is 20.0. The van der Waals surface area contributed by atoms with Crippen LogP contribution in [0.4, 0.5) is 34.1 Å². The summed E-state index contributed by atoms with van der Waals surface area (Å²) in [6.07, 6.45) is 0. The lowest BCUT2D eigenvalue weighted by Gasteiger charge is -2.33. The Bertz CT molecular complexity index is 4180. The first kappa shape index (κ1) is 42.9. The maximum Gasteiger partial charge on any atom is 0.0726 e. The molecular formula is C73H48N2. The van der Waals surface area contributed by atoms with E-state index in [9.17, 15) is 0 Å². The zero-order valence-electron chi connectivity index (χ0n) is 41.1. The summed E-state index contributed by atoms with van der Waals surface area (Å²) in [5.74, 6) is 0. The second-order valence-electron chi connectivity index (χ2n) is 20.0. The summed E-state index contributed by atoms with van der Waals surface area (Å²) in [6, 6.07) is 107. The predicted molar refractivity (Wildman–Crippen MR) is 315 cm³/mol. The predicted octanol–water partition coefficient (Wildman–Crippen LogP) is 19.8. The summed E-state index contributed by atoms with van der Waals surface area (Å²) < 4.78 is 0. The monoisotopic (exact) mass is 952 g/mol. The lowest BCUT2D eigenvalue weighted by atomic mass is 9.70. The van der Waals surface area contributed by atoms with Gasteiger partial charge in [-0.25, -0.2) is 0 Å². The molecule has 0 fully saturated rings. The van der Waals surface area contributed by atoms with Gasteiger partial charge in [0.2, 0.25) is 0 Å². The maximum atomic E-state index is 2.52. The molecule has 2 aliphatic carbocycles. The van der Waals surface area contributed by atoms with Crippen molar-refractivity contribution in [2.24, 2.45) is 0 Å². The molecule has 350 valence electrons. The molecule has 0 unspecified atom stereocenters. The normalized spacial score (nSPS) is 12.6. The van der Waals surface area contributed by atoms with E-state index in [1.54, 1.807) is 0 Å². The Morgan fingerprint density at radius 1 is 0.227 bits per heavy atom. The van der Waals surface area contributed by atoms with E-state index in [4.69, 9.17) is 0 Å². The van der Waals surface area contributed by atoms with Gasteiger partial charge in [-0.1, -0.05) is 224 Å². The highest BCUT2D eigenvalue weighted by Crippen LogP contribution is 2.63. The van der Waals surface area contributed by atoms with Gasteiger partial charge >= 0.3 is 0 Å². The summed E-state index contributed by atoms with van der Waals surface area (Å²) >= 11 is 0. The minimum absolute atomic E-state index is 0.460. The molecule has 0 aromatic heterocycles. The van der Waals surface area contributed by atoms with E-state index in [2.05, 4.69) is 301 Å². The van der Waals surface area contributed by atoms with Crippen LogP contribution in [0.1, 0.15) is 22.3 Å². The van der Waals surface area contributed by atoms with E-state index in [1.165, 1.54) is 88.0 Å². The van der Waals surface area contributed by atoms with Crippen LogP contribution in [0.3, 0.4) is 0 Å². The van der Waals surface area contributed by atoms with E-state index in [-0.39, 0.29) is 0 Å². The van der Waals surface area contributed by atoms with Gasteiger partial charge in [0.25, 0.3) is 0 Å². The zero-order valence-corrected chi connectivity index (χ0v) is 41.1. The van der Waals surface area contributed by atoms with E-state index in [0.29, 0.717) is 0 Å². The van der Waals surface area contributed by atoms with E-state index < -0.39 is 5.41 Å². The molecule has 0 bridgehead atoms. The molecular weight excluding hydrogens is 905 g/mol. The number of rotatable bonds is 9. The zero-order chi connectivity index (χ0) is 49.5. The molecule has 2 nitrogen and oxygen atoms in total. The average molecular weight is 953 g/mol. The van der Waals surface area contributed by atoms with Crippen LogP contribution in [0.25, 0.3) is 76.8 Å². The third-order valence-corrected chi connectivity index (χ3v) is 16.0. The second kappa shape index (κ2) is 17.2. The van der Waals surface area contributed by atoms with Gasteiger partial charge in [0.1, 0.15) is 0 Å². The molecule has 2 aliphatic rings. The van der Waals surface area contributed by atoms with Crippen molar-refractivity contribution in [2.75, 3.05) is 9.80 Å². The maximum absolute atomic E-state index is 2.52. The van der Waals surface area contributed by atoms with Crippen molar-refractivity contribution in [1.29, 1.82) is 0 Å². The van der Waals surface area contributed by atoms with Gasteiger partial charge in [-0.2, -0.15) is 0 Å². The van der Waals surface area contributed by atoms with Crippen LogP contribution in [0.2, 0.25) is 0 Å². The van der Waals surface area contributed by atoms with Crippen molar-refractivity contribution < 1.29 is 0 Å². The Labute approximate surface area is 437 Å². The number of benzene rings is 13. The number of fused-ring (bicyclic) bond motifs is 8. The fourth-order valence-electron chi connectivity index (χ4n) is 12.7. The summed E-state index contributed by atoms with van der Waals surface area (Å²) in [5, 5.41) is 7.65. The fourth-order valence-corrected chi connectivity index (χ4v) is 12.7. The van der Waals surface area contributed by atoms with Crippen molar-refractivity contribution in [3.63, 3.8) is 0 Å². The van der Waals surface area contributed by atoms with Gasteiger partial charge in [0.15, 0.2) is 0 Å². The molecule has 13 aromatic carbocycles. The number of hydrogen-bond donors (Lipinski definition) is 0. The molecule has 0 atom stereocenters. The summed E-state index contributed by atoms with van der Waals surface area (Å²) in [4.78, 5) is 4.84. The Kier molecular flexibility index (Phi) is 9.83. The highest BCUT2D eigenvalue weighted by molar-refractivity contribution is 6.18. The van der Waals surface area contributed by atoms with E-state index in [1.807, 2.05) is 0 Å². The van der Waals surface area contributed by atoms with Crippen LogP contribution in [-0.4, -0.2) is 0 Å².